The van der Waals surface area contributed by atoms with Crippen LogP contribution in [0.3, 0.4) is 0 Å². The van der Waals surface area contributed by atoms with E-state index in [4.69, 9.17) is 13.9 Å². The molecule has 172 valence electrons. The van der Waals surface area contributed by atoms with E-state index < -0.39 is 12.1 Å². The maximum atomic E-state index is 12.8. The second kappa shape index (κ2) is 11.2. The molecule has 10 heteroatoms. The SMILES string of the molecule is C=CCOC(=O)c1sc2nc(CN(Cc3ccco3)CC(O)COCC)[nH]c(=O)c2c1C. The van der Waals surface area contributed by atoms with Crippen molar-refractivity contribution < 1.29 is 23.8 Å². The highest BCUT2D eigenvalue weighted by atomic mass is 32.1. The molecule has 32 heavy (non-hydrogen) atoms. The van der Waals surface area contributed by atoms with Crippen molar-refractivity contribution in [1.82, 2.24) is 14.9 Å². The summed E-state index contributed by atoms with van der Waals surface area (Å²) in [6, 6.07) is 3.63. The van der Waals surface area contributed by atoms with Crippen molar-refractivity contribution in [3.63, 3.8) is 0 Å². The number of esters is 1. The molecule has 3 aromatic heterocycles. The van der Waals surface area contributed by atoms with Crippen molar-refractivity contribution in [3.8, 4) is 0 Å². The van der Waals surface area contributed by atoms with Gasteiger partial charge in [0.2, 0.25) is 0 Å². The van der Waals surface area contributed by atoms with E-state index in [0.717, 1.165) is 17.1 Å². The molecule has 9 nitrogen and oxygen atoms in total. The van der Waals surface area contributed by atoms with Gasteiger partial charge in [0.15, 0.2) is 0 Å². The molecule has 0 amide bonds. The van der Waals surface area contributed by atoms with Gasteiger partial charge >= 0.3 is 5.97 Å². The third-order valence-corrected chi connectivity index (χ3v) is 5.85. The summed E-state index contributed by atoms with van der Waals surface area (Å²) in [5.74, 6) is 0.631. The number of thiophene rings is 1. The Bertz CT molecular complexity index is 1110. The molecule has 3 heterocycles. The number of rotatable bonds is 12. The Balaban J connectivity index is 1.85. The van der Waals surface area contributed by atoms with Gasteiger partial charge in [0.05, 0.1) is 37.4 Å². The zero-order valence-electron chi connectivity index (χ0n) is 18.1. The molecule has 1 atom stereocenters. The van der Waals surface area contributed by atoms with Crippen LogP contribution in [-0.4, -0.2) is 58.4 Å². The molecule has 0 aromatic carbocycles. The Morgan fingerprint density at radius 2 is 2.28 bits per heavy atom. The van der Waals surface area contributed by atoms with Crippen LogP contribution in [0.2, 0.25) is 0 Å². The first-order chi connectivity index (χ1) is 15.4. The van der Waals surface area contributed by atoms with Crippen LogP contribution < -0.4 is 5.56 Å². The van der Waals surface area contributed by atoms with Gasteiger partial charge in [0.1, 0.15) is 27.9 Å². The van der Waals surface area contributed by atoms with Crippen molar-refractivity contribution in [2.75, 3.05) is 26.4 Å². The number of hydrogen-bond donors (Lipinski definition) is 2. The summed E-state index contributed by atoms with van der Waals surface area (Å²) in [5.41, 5.74) is 0.216. The lowest BCUT2D eigenvalue weighted by atomic mass is 10.2. The van der Waals surface area contributed by atoms with E-state index in [1.807, 2.05) is 17.9 Å². The zero-order chi connectivity index (χ0) is 23.1. The van der Waals surface area contributed by atoms with Gasteiger partial charge < -0.3 is 24.0 Å². The van der Waals surface area contributed by atoms with Crippen LogP contribution >= 0.6 is 11.3 Å². The first kappa shape index (κ1) is 23.9. The molecule has 0 saturated heterocycles. The number of carbonyl (C=O) groups is 1. The van der Waals surface area contributed by atoms with Crippen molar-refractivity contribution in [2.45, 2.75) is 33.0 Å². The molecule has 3 aromatic rings. The van der Waals surface area contributed by atoms with Gasteiger partial charge in [-0.2, -0.15) is 0 Å². The normalized spacial score (nSPS) is 12.4. The molecule has 0 aliphatic heterocycles. The molecule has 1 unspecified atom stereocenters. The highest BCUT2D eigenvalue weighted by Gasteiger charge is 2.21. The monoisotopic (exact) mass is 461 g/mol. The number of ether oxygens (including phenoxy) is 2. The van der Waals surface area contributed by atoms with Gasteiger partial charge in [0, 0.05) is 13.2 Å². The molecule has 0 saturated carbocycles. The average Bonchev–Trinajstić information content (AvgIpc) is 3.38. The van der Waals surface area contributed by atoms with Gasteiger partial charge in [-0.25, -0.2) is 9.78 Å². The van der Waals surface area contributed by atoms with Gasteiger partial charge in [-0.15, -0.1) is 11.3 Å². The minimum absolute atomic E-state index is 0.0906. The molecule has 0 aliphatic rings. The van der Waals surface area contributed by atoms with Crippen molar-refractivity contribution in [1.29, 1.82) is 0 Å². The first-order valence-electron chi connectivity index (χ1n) is 10.2. The van der Waals surface area contributed by atoms with Crippen molar-refractivity contribution in [2.24, 2.45) is 0 Å². The van der Waals surface area contributed by atoms with Gasteiger partial charge in [-0.3, -0.25) is 9.69 Å². The third-order valence-electron chi connectivity index (χ3n) is 4.68. The lowest BCUT2D eigenvalue weighted by Gasteiger charge is -2.23. The quantitative estimate of drug-likeness (QED) is 0.312. The van der Waals surface area contributed by atoms with Crippen LogP contribution in [-0.2, 0) is 22.6 Å². The number of carbonyl (C=O) groups excluding carboxylic acids is 1. The van der Waals surface area contributed by atoms with E-state index in [9.17, 15) is 14.7 Å². The van der Waals surface area contributed by atoms with Crippen LogP contribution in [0.25, 0.3) is 10.2 Å². The number of aromatic nitrogens is 2. The van der Waals surface area contributed by atoms with Crippen LogP contribution in [0, 0.1) is 6.92 Å². The topological polar surface area (TPSA) is 118 Å². The lowest BCUT2D eigenvalue weighted by molar-refractivity contribution is 0.0163. The average molecular weight is 462 g/mol. The Hall–Kier alpha value is -2.79. The number of aliphatic hydroxyl groups is 1. The number of furan rings is 1. The number of aryl methyl sites for hydroxylation is 1. The van der Waals surface area contributed by atoms with Crippen LogP contribution in [0.1, 0.15) is 33.7 Å². The molecule has 2 N–H and O–H groups in total. The summed E-state index contributed by atoms with van der Waals surface area (Å²) in [4.78, 5) is 35.1. The van der Waals surface area contributed by atoms with Crippen LogP contribution in [0.4, 0.5) is 0 Å². The maximum Gasteiger partial charge on any atom is 0.348 e. The number of H-pyrrole nitrogens is 1. The third kappa shape index (κ3) is 5.92. The predicted molar refractivity (Wildman–Crippen MR) is 121 cm³/mol. The molecule has 3 rings (SSSR count). The van der Waals surface area contributed by atoms with Gasteiger partial charge in [-0.05, 0) is 31.5 Å². The molecule has 0 spiro atoms. The Kier molecular flexibility index (Phi) is 8.34. The van der Waals surface area contributed by atoms with Crippen LogP contribution in [0.5, 0.6) is 0 Å². The fourth-order valence-corrected chi connectivity index (χ4v) is 4.38. The molecule has 0 radical (unpaired) electrons. The Labute approximate surface area is 189 Å². The number of hydrogen-bond acceptors (Lipinski definition) is 9. The van der Waals surface area contributed by atoms with E-state index in [-0.39, 0.29) is 25.3 Å². The maximum absolute atomic E-state index is 12.8. The van der Waals surface area contributed by atoms with E-state index >= 15 is 0 Å². The number of aromatic amines is 1. The van der Waals surface area contributed by atoms with Gasteiger partial charge in [0.25, 0.3) is 5.56 Å². The fraction of sp³-hybridized carbons (Fsp3) is 0.409. The van der Waals surface area contributed by atoms with Crippen LogP contribution in [0.15, 0.2) is 40.3 Å². The summed E-state index contributed by atoms with van der Waals surface area (Å²) in [6.07, 6.45) is 2.35. The number of nitrogens with one attached hydrogen (secondary N) is 1. The number of aliphatic hydroxyl groups excluding tert-OH is 1. The molecular weight excluding hydrogens is 434 g/mol. The summed E-state index contributed by atoms with van der Waals surface area (Å²) in [6.45, 7) is 8.88. The standard InChI is InChI=1S/C22H27N3O6S/c1-4-8-31-22(28)19-14(3)18-20(27)23-17(24-21(18)32-19)12-25(10-15(26)13-29-5-2)11-16-7-6-9-30-16/h4,6-7,9,15,26H,1,5,8,10-13H2,2-3H3,(H,23,24,27). The molecule has 0 bridgehead atoms. The molecular formula is C22H27N3O6S. The van der Waals surface area contributed by atoms with E-state index in [1.54, 1.807) is 19.3 Å². The Morgan fingerprint density at radius 3 is 2.97 bits per heavy atom. The highest BCUT2D eigenvalue weighted by Crippen LogP contribution is 2.27. The van der Waals surface area contributed by atoms with E-state index in [0.29, 0.717) is 46.2 Å². The Morgan fingerprint density at radius 1 is 1.47 bits per heavy atom. The van der Waals surface area contributed by atoms with Crippen molar-refractivity contribution in [3.05, 3.63) is 63.4 Å². The highest BCUT2D eigenvalue weighted by molar-refractivity contribution is 7.20. The summed E-state index contributed by atoms with van der Waals surface area (Å²) in [7, 11) is 0. The second-order valence-electron chi connectivity index (χ2n) is 7.20. The van der Waals surface area contributed by atoms with E-state index in [2.05, 4.69) is 16.5 Å². The minimum atomic E-state index is -0.712. The zero-order valence-corrected chi connectivity index (χ0v) is 18.9. The summed E-state index contributed by atoms with van der Waals surface area (Å²) < 4.78 is 15.8. The predicted octanol–water partition coefficient (Wildman–Crippen LogP) is 2.63. The lowest BCUT2D eigenvalue weighted by Crippen LogP contribution is -2.35. The fourth-order valence-electron chi connectivity index (χ4n) is 3.28. The summed E-state index contributed by atoms with van der Waals surface area (Å²) in [5, 5.41) is 10.7. The van der Waals surface area contributed by atoms with Crippen molar-refractivity contribution >= 4 is 27.5 Å². The largest absolute Gasteiger partial charge is 0.468 e. The smallest absolute Gasteiger partial charge is 0.348 e. The minimum Gasteiger partial charge on any atom is -0.468 e. The number of fused-ring (bicyclic) bond motifs is 1. The van der Waals surface area contributed by atoms with E-state index in [1.165, 1.54) is 6.08 Å². The molecule has 0 aliphatic carbocycles. The first-order valence-corrected chi connectivity index (χ1v) is 11.0. The molecule has 0 fully saturated rings. The summed E-state index contributed by atoms with van der Waals surface area (Å²) >= 11 is 1.12. The second-order valence-corrected chi connectivity index (χ2v) is 8.20. The van der Waals surface area contributed by atoms with Gasteiger partial charge in [-0.1, -0.05) is 12.7 Å². The number of nitrogens with zero attached hydrogens (tertiary/aromatic N) is 2.